The van der Waals surface area contributed by atoms with Gasteiger partial charge in [-0.2, -0.15) is 0 Å². The summed E-state index contributed by atoms with van der Waals surface area (Å²) >= 11 is 11.9. The predicted octanol–water partition coefficient (Wildman–Crippen LogP) is 4.20. The van der Waals surface area contributed by atoms with Gasteiger partial charge in [-0.25, -0.2) is 0 Å². The first-order valence-electron chi connectivity index (χ1n) is 10.5. The van der Waals surface area contributed by atoms with E-state index in [1.165, 1.54) is 32.3 Å². The van der Waals surface area contributed by atoms with Crippen LogP contribution in [0.1, 0.15) is 45.4 Å². The van der Waals surface area contributed by atoms with E-state index in [1.54, 1.807) is 12.1 Å². The van der Waals surface area contributed by atoms with Crippen LogP contribution in [-0.4, -0.2) is 30.4 Å². The van der Waals surface area contributed by atoms with Gasteiger partial charge < -0.3 is 15.4 Å². The standard InChI is InChI=1S/C22H26Cl2N2O4/c1-12(20(28)26-18-7-16(23)2-3-17(18)24)30-19(27)11-25-21(29)22-8-13-4-14(9-22)6-15(5-13)10-22/h2-3,7,12-15H,4-6,8-11H2,1H3,(H,25,29)(H,26,28)/t12-,13?,14?,15?,22?/m0/s1. The molecular weight excluding hydrogens is 427 g/mol. The SMILES string of the molecule is C[C@H](OC(=O)CNC(=O)C12CC3CC(CC(C3)C1)C2)C(=O)Nc1cc(Cl)ccc1Cl. The van der Waals surface area contributed by atoms with E-state index in [4.69, 9.17) is 27.9 Å². The van der Waals surface area contributed by atoms with Gasteiger partial charge in [-0.05, 0) is 81.4 Å². The van der Waals surface area contributed by atoms with E-state index in [0.717, 1.165) is 19.3 Å². The van der Waals surface area contributed by atoms with Crippen molar-refractivity contribution >= 4 is 46.7 Å². The first-order valence-corrected chi connectivity index (χ1v) is 11.2. The highest BCUT2D eigenvalue weighted by Crippen LogP contribution is 2.60. The molecule has 0 heterocycles. The Hall–Kier alpha value is -1.79. The van der Waals surface area contributed by atoms with Crippen molar-refractivity contribution in [3.8, 4) is 0 Å². The lowest BCUT2D eigenvalue weighted by atomic mass is 9.49. The van der Waals surface area contributed by atoms with Crippen LogP contribution in [0.2, 0.25) is 10.0 Å². The van der Waals surface area contributed by atoms with E-state index in [0.29, 0.717) is 33.5 Å². The smallest absolute Gasteiger partial charge is 0.326 e. The van der Waals surface area contributed by atoms with E-state index in [1.807, 2.05) is 0 Å². The molecular formula is C22H26Cl2N2O4. The Bertz CT molecular complexity index is 837. The Morgan fingerprint density at radius 1 is 1.10 bits per heavy atom. The largest absolute Gasteiger partial charge is 0.451 e. The lowest BCUT2D eigenvalue weighted by Crippen LogP contribution is -2.54. The fourth-order valence-electron chi connectivity index (χ4n) is 5.85. The minimum Gasteiger partial charge on any atom is -0.451 e. The molecule has 0 unspecified atom stereocenters. The molecule has 4 bridgehead atoms. The molecule has 8 heteroatoms. The highest BCUT2D eigenvalue weighted by molar-refractivity contribution is 6.35. The van der Waals surface area contributed by atoms with Crippen molar-refractivity contribution in [3.63, 3.8) is 0 Å². The van der Waals surface area contributed by atoms with Crippen molar-refractivity contribution in [3.05, 3.63) is 28.2 Å². The number of esters is 1. The molecule has 4 aliphatic rings. The quantitative estimate of drug-likeness (QED) is 0.633. The molecule has 162 valence electrons. The van der Waals surface area contributed by atoms with Crippen LogP contribution in [0, 0.1) is 23.2 Å². The maximum Gasteiger partial charge on any atom is 0.326 e. The average molecular weight is 453 g/mol. The zero-order valence-electron chi connectivity index (χ0n) is 16.9. The Morgan fingerprint density at radius 2 is 1.70 bits per heavy atom. The van der Waals surface area contributed by atoms with Crippen molar-refractivity contribution in [2.45, 2.75) is 51.6 Å². The third-order valence-electron chi connectivity index (χ3n) is 6.78. The second-order valence-corrected chi connectivity index (χ2v) is 9.97. The topological polar surface area (TPSA) is 84.5 Å². The first-order chi connectivity index (χ1) is 14.2. The summed E-state index contributed by atoms with van der Waals surface area (Å²) in [6, 6.07) is 4.69. The molecule has 0 aliphatic heterocycles. The summed E-state index contributed by atoms with van der Waals surface area (Å²) in [4.78, 5) is 37.4. The monoisotopic (exact) mass is 452 g/mol. The molecule has 4 aliphatic carbocycles. The van der Waals surface area contributed by atoms with Crippen LogP contribution in [-0.2, 0) is 19.1 Å². The van der Waals surface area contributed by atoms with Gasteiger partial charge in [0.2, 0.25) is 5.91 Å². The number of ether oxygens (including phenoxy) is 1. The highest BCUT2D eigenvalue weighted by Gasteiger charge is 2.54. The summed E-state index contributed by atoms with van der Waals surface area (Å²) < 4.78 is 5.18. The molecule has 4 saturated carbocycles. The Morgan fingerprint density at radius 3 is 2.30 bits per heavy atom. The number of carbonyl (C=O) groups is 3. The normalized spacial score (nSPS) is 29.9. The molecule has 2 N–H and O–H groups in total. The van der Waals surface area contributed by atoms with Crippen LogP contribution in [0.3, 0.4) is 0 Å². The minimum atomic E-state index is -1.04. The van der Waals surface area contributed by atoms with Crippen molar-refractivity contribution in [2.24, 2.45) is 23.2 Å². The fourth-order valence-corrected chi connectivity index (χ4v) is 6.19. The third-order valence-corrected chi connectivity index (χ3v) is 7.34. The lowest BCUT2D eigenvalue weighted by Gasteiger charge is -2.55. The molecule has 0 aromatic heterocycles. The summed E-state index contributed by atoms with van der Waals surface area (Å²) in [5, 5.41) is 6.11. The first kappa shape index (κ1) is 21.4. The zero-order valence-corrected chi connectivity index (χ0v) is 18.4. The van der Waals surface area contributed by atoms with Gasteiger partial charge in [0.15, 0.2) is 6.10 Å². The molecule has 1 aromatic carbocycles. The molecule has 0 saturated heterocycles. The van der Waals surface area contributed by atoms with Gasteiger partial charge in [0.25, 0.3) is 5.91 Å². The fraction of sp³-hybridized carbons (Fsp3) is 0.591. The van der Waals surface area contributed by atoms with E-state index < -0.39 is 18.0 Å². The van der Waals surface area contributed by atoms with Gasteiger partial charge in [0.1, 0.15) is 6.54 Å². The number of benzene rings is 1. The maximum absolute atomic E-state index is 12.9. The van der Waals surface area contributed by atoms with Gasteiger partial charge in [-0.15, -0.1) is 0 Å². The van der Waals surface area contributed by atoms with E-state index in [9.17, 15) is 14.4 Å². The number of hydrogen-bond acceptors (Lipinski definition) is 4. The van der Waals surface area contributed by atoms with Crippen molar-refractivity contribution in [1.29, 1.82) is 0 Å². The lowest BCUT2D eigenvalue weighted by molar-refractivity contribution is -0.155. The Balaban J connectivity index is 1.27. The molecule has 5 rings (SSSR count). The molecule has 1 aromatic rings. The van der Waals surface area contributed by atoms with Crippen LogP contribution < -0.4 is 10.6 Å². The summed E-state index contributed by atoms with van der Waals surface area (Å²) in [6.07, 6.45) is 5.49. The average Bonchev–Trinajstić information content (AvgIpc) is 2.67. The van der Waals surface area contributed by atoms with Gasteiger partial charge in [-0.1, -0.05) is 23.2 Å². The Labute approximate surface area is 186 Å². The number of rotatable bonds is 6. The van der Waals surface area contributed by atoms with E-state index >= 15 is 0 Å². The second-order valence-electron chi connectivity index (χ2n) is 9.13. The number of amides is 2. The van der Waals surface area contributed by atoms with Crippen LogP contribution >= 0.6 is 23.2 Å². The highest BCUT2D eigenvalue weighted by atomic mass is 35.5. The van der Waals surface area contributed by atoms with Crippen molar-refractivity contribution < 1.29 is 19.1 Å². The van der Waals surface area contributed by atoms with Gasteiger partial charge in [0.05, 0.1) is 10.7 Å². The van der Waals surface area contributed by atoms with E-state index in [-0.39, 0.29) is 17.9 Å². The van der Waals surface area contributed by atoms with Gasteiger partial charge >= 0.3 is 5.97 Å². The van der Waals surface area contributed by atoms with Crippen LogP contribution in [0.25, 0.3) is 0 Å². The summed E-state index contributed by atoms with van der Waals surface area (Å²) in [7, 11) is 0. The van der Waals surface area contributed by atoms with E-state index in [2.05, 4.69) is 10.6 Å². The minimum absolute atomic E-state index is 0.0404. The molecule has 30 heavy (non-hydrogen) atoms. The Kier molecular flexibility index (Phi) is 5.99. The molecule has 2 amide bonds. The van der Waals surface area contributed by atoms with Gasteiger partial charge in [0, 0.05) is 10.4 Å². The second kappa shape index (κ2) is 8.39. The number of carbonyl (C=O) groups excluding carboxylic acids is 3. The molecule has 4 fully saturated rings. The summed E-state index contributed by atoms with van der Waals surface area (Å²) in [6.45, 7) is 1.22. The number of anilines is 1. The molecule has 6 nitrogen and oxygen atoms in total. The van der Waals surface area contributed by atoms with Gasteiger partial charge in [-0.3, -0.25) is 14.4 Å². The van der Waals surface area contributed by atoms with Crippen LogP contribution in [0.4, 0.5) is 5.69 Å². The zero-order chi connectivity index (χ0) is 21.5. The van der Waals surface area contributed by atoms with Crippen molar-refractivity contribution in [1.82, 2.24) is 5.32 Å². The van der Waals surface area contributed by atoms with Crippen molar-refractivity contribution in [2.75, 3.05) is 11.9 Å². The predicted molar refractivity (Wildman–Crippen MR) is 114 cm³/mol. The number of nitrogens with one attached hydrogen (secondary N) is 2. The maximum atomic E-state index is 12.9. The molecule has 1 atom stereocenters. The molecule has 0 radical (unpaired) electrons. The van der Waals surface area contributed by atoms with Crippen LogP contribution in [0.15, 0.2) is 18.2 Å². The third kappa shape index (κ3) is 4.45. The number of halogens is 2. The number of hydrogen-bond donors (Lipinski definition) is 2. The molecule has 0 spiro atoms. The summed E-state index contributed by atoms with van der Waals surface area (Å²) in [5.74, 6) is 0.733. The summed E-state index contributed by atoms with van der Waals surface area (Å²) in [5.41, 5.74) is 0.0219. The van der Waals surface area contributed by atoms with Crippen LogP contribution in [0.5, 0.6) is 0 Å².